The maximum absolute atomic E-state index is 11.3. The maximum Gasteiger partial charge on any atom is 0.357 e. The minimum absolute atomic E-state index is 0.212. The summed E-state index contributed by atoms with van der Waals surface area (Å²) in [5, 5.41) is 1.88. The third kappa shape index (κ3) is 3.96. The molecule has 0 bridgehead atoms. The number of carbonyl (C=O) groups excluding carboxylic acids is 1. The summed E-state index contributed by atoms with van der Waals surface area (Å²) >= 11 is 1.17. The molecular formula is C8H12N2O3S2. The summed E-state index contributed by atoms with van der Waals surface area (Å²) < 4.78 is 20.0. The fraction of sp³-hybridized carbons (Fsp3) is 0.500. The highest BCUT2D eigenvalue weighted by atomic mass is 32.2. The minimum Gasteiger partial charge on any atom is -0.461 e. The SMILES string of the molecule is CCOC(=O)c1csc(N=S(C)(C)=O)n1. The van der Waals surface area contributed by atoms with Gasteiger partial charge in [-0.15, -0.1) is 11.3 Å². The van der Waals surface area contributed by atoms with Crippen LogP contribution in [-0.2, 0) is 14.5 Å². The number of thiazole rings is 1. The Labute approximate surface area is 92.7 Å². The van der Waals surface area contributed by atoms with Crippen molar-refractivity contribution in [3.8, 4) is 0 Å². The molecule has 0 saturated heterocycles. The number of hydrogen-bond donors (Lipinski definition) is 0. The molecule has 0 aliphatic heterocycles. The lowest BCUT2D eigenvalue weighted by Crippen LogP contribution is -2.04. The van der Waals surface area contributed by atoms with Crippen LogP contribution in [0.1, 0.15) is 17.4 Å². The molecular weight excluding hydrogens is 236 g/mol. The van der Waals surface area contributed by atoms with E-state index in [1.807, 2.05) is 0 Å². The van der Waals surface area contributed by atoms with Gasteiger partial charge >= 0.3 is 5.97 Å². The Kier molecular flexibility index (Phi) is 3.81. The van der Waals surface area contributed by atoms with Crippen LogP contribution in [0, 0.1) is 0 Å². The van der Waals surface area contributed by atoms with Crippen molar-refractivity contribution < 1.29 is 13.7 Å². The van der Waals surface area contributed by atoms with E-state index in [9.17, 15) is 9.00 Å². The van der Waals surface area contributed by atoms with Gasteiger partial charge in [0.15, 0.2) is 5.69 Å². The molecule has 1 aromatic rings. The highest BCUT2D eigenvalue weighted by Gasteiger charge is 2.11. The van der Waals surface area contributed by atoms with Crippen molar-refractivity contribution in [1.82, 2.24) is 4.98 Å². The first-order chi connectivity index (χ1) is 6.92. The Morgan fingerprint density at radius 2 is 2.33 bits per heavy atom. The summed E-state index contributed by atoms with van der Waals surface area (Å²) in [6.07, 6.45) is 3.02. The monoisotopic (exact) mass is 248 g/mol. The second kappa shape index (κ2) is 4.71. The van der Waals surface area contributed by atoms with Crippen molar-refractivity contribution in [3.05, 3.63) is 11.1 Å². The third-order valence-electron chi connectivity index (χ3n) is 1.27. The molecule has 0 aromatic carbocycles. The van der Waals surface area contributed by atoms with E-state index in [0.717, 1.165) is 0 Å². The molecule has 0 N–H and O–H groups in total. The van der Waals surface area contributed by atoms with Crippen molar-refractivity contribution in [3.63, 3.8) is 0 Å². The molecule has 0 spiro atoms. The Bertz CT molecular complexity index is 464. The average molecular weight is 248 g/mol. The Morgan fingerprint density at radius 3 is 2.87 bits per heavy atom. The van der Waals surface area contributed by atoms with Crippen molar-refractivity contribution in [2.24, 2.45) is 4.36 Å². The van der Waals surface area contributed by atoms with Crippen LogP contribution in [-0.4, -0.2) is 34.3 Å². The van der Waals surface area contributed by atoms with Crippen LogP contribution in [0.5, 0.6) is 0 Å². The van der Waals surface area contributed by atoms with Crippen molar-refractivity contribution in [2.75, 3.05) is 19.1 Å². The number of esters is 1. The van der Waals surface area contributed by atoms with E-state index in [2.05, 4.69) is 9.35 Å². The van der Waals surface area contributed by atoms with Gasteiger partial charge in [-0.25, -0.2) is 14.0 Å². The first-order valence-corrected chi connectivity index (χ1v) is 7.43. The second-order valence-electron chi connectivity index (χ2n) is 3.01. The molecule has 0 atom stereocenters. The molecule has 0 fully saturated rings. The predicted molar refractivity (Wildman–Crippen MR) is 60.1 cm³/mol. The molecule has 0 radical (unpaired) electrons. The lowest BCUT2D eigenvalue weighted by molar-refractivity contribution is 0.0520. The van der Waals surface area contributed by atoms with E-state index >= 15 is 0 Å². The average Bonchev–Trinajstić information content (AvgIpc) is 2.50. The van der Waals surface area contributed by atoms with Gasteiger partial charge in [0.2, 0.25) is 5.13 Å². The first kappa shape index (κ1) is 12.1. The normalized spacial score (nSPS) is 11.1. The number of ether oxygens (including phenoxy) is 1. The molecule has 0 saturated carbocycles. The Hall–Kier alpha value is -0.950. The van der Waals surface area contributed by atoms with E-state index < -0.39 is 15.7 Å². The van der Waals surface area contributed by atoms with Gasteiger partial charge in [-0.2, -0.15) is 4.36 Å². The number of nitrogens with zero attached hydrogens (tertiary/aromatic N) is 2. The van der Waals surface area contributed by atoms with Crippen LogP contribution < -0.4 is 0 Å². The lowest BCUT2D eigenvalue weighted by atomic mass is 10.5. The zero-order valence-corrected chi connectivity index (χ0v) is 10.4. The van der Waals surface area contributed by atoms with Gasteiger partial charge in [-0.1, -0.05) is 0 Å². The maximum atomic E-state index is 11.3. The summed E-state index contributed by atoms with van der Waals surface area (Å²) in [5.74, 6) is -0.478. The molecule has 0 amide bonds. The molecule has 1 heterocycles. The Morgan fingerprint density at radius 1 is 1.67 bits per heavy atom. The quantitative estimate of drug-likeness (QED) is 0.763. The van der Waals surface area contributed by atoms with Gasteiger partial charge in [0.05, 0.1) is 6.61 Å². The molecule has 1 rings (SSSR count). The van der Waals surface area contributed by atoms with Gasteiger partial charge in [-0.3, -0.25) is 0 Å². The molecule has 7 heteroatoms. The number of hydrogen-bond acceptors (Lipinski definition) is 6. The van der Waals surface area contributed by atoms with Crippen LogP contribution in [0.25, 0.3) is 0 Å². The first-order valence-electron chi connectivity index (χ1n) is 4.22. The van der Waals surface area contributed by atoms with E-state index in [1.54, 1.807) is 12.3 Å². The van der Waals surface area contributed by atoms with Crippen LogP contribution in [0.3, 0.4) is 0 Å². The minimum atomic E-state index is -2.23. The number of rotatable bonds is 3. The molecule has 0 aliphatic carbocycles. The fourth-order valence-corrected chi connectivity index (χ4v) is 2.44. The number of aromatic nitrogens is 1. The van der Waals surface area contributed by atoms with Crippen molar-refractivity contribution >= 4 is 32.2 Å². The van der Waals surface area contributed by atoms with Gasteiger partial charge in [-0.05, 0) is 6.92 Å². The standard InChI is InChI=1S/C8H12N2O3S2/c1-4-13-7(11)6-5-14-8(9-6)10-15(2,3)12/h5H,4H2,1-3H3. The van der Waals surface area contributed by atoms with Gasteiger partial charge in [0, 0.05) is 27.6 Å². The van der Waals surface area contributed by atoms with E-state index in [0.29, 0.717) is 11.7 Å². The zero-order chi connectivity index (χ0) is 11.5. The largest absolute Gasteiger partial charge is 0.461 e. The molecule has 15 heavy (non-hydrogen) atoms. The van der Waals surface area contributed by atoms with Crippen LogP contribution >= 0.6 is 11.3 Å². The van der Waals surface area contributed by atoms with Crippen LogP contribution in [0.4, 0.5) is 5.13 Å². The Balaban J connectivity index is 2.91. The van der Waals surface area contributed by atoms with Crippen molar-refractivity contribution in [2.45, 2.75) is 6.92 Å². The summed E-state index contributed by atoms with van der Waals surface area (Å²) in [4.78, 5) is 15.1. The predicted octanol–water partition coefficient (Wildman–Crippen LogP) is 1.68. The fourth-order valence-electron chi connectivity index (χ4n) is 0.793. The highest BCUT2D eigenvalue weighted by Crippen LogP contribution is 2.20. The van der Waals surface area contributed by atoms with Crippen LogP contribution in [0.2, 0.25) is 0 Å². The zero-order valence-electron chi connectivity index (χ0n) is 8.72. The van der Waals surface area contributed by atoms with Gasteiger partial charge < -0.3 is 4.74 Å². The van der Waals surface area contributed by atoms with E-state index in [4.69, 9.17) is 4.74 Å². The third-order valence-corrected chi connectivity index (χ3v) is 2.74. The molecule has 1 aromatic heterocycles. The highest BCUT2D eigenvalue weighted by molar-refractivity contribution is 7.92. The second-order valence-corrected chi connectivity index (χ2v) is 6.39. The topological polar surface area (TPSA) is 68.6 Å². The van der Waals surface area contributed by atoms with Crippen LogP contribution in [0.15, 0.2) is 9.74 Å². The summed E-state index contributed by atoms with van der Waals surface area (Å²) in [7, 11) is -2.23. The number of carbonyl (C=O) groups is 1. The molecule has 84 valence electrons. The van der Waals surface area contributed by atoms with Gasteiger partial charge in [0.25, 0.3) is 0 Å². The lowest BCUT2D eigenvalue weighted by Gasteiger charge is -1.95. The smallest absolute Gasteiger partial charge is 0.357 e. The van der Waals surface area contributed by atoms with E-state index in [-0.39, 0.29) is 5.69 Å². The molecule has 5 nitrogen and oxygen atoms in total. The molecule has 0 aliphatic rings. The summed E-state index contributed by atoms with van der Waals surface area (Å²) in [6.45, 7) is 2.03. The van der Waals surface area contributed by atoms with E-state index in [1.165, 1.54) is 23.8 Å². The summed E-state index contributed by atoms with van der Waals surface area (Å²) in [5.41, 5.74) is 0.212. The molecule has 0 unspecified atom stereocenters. The summed E-state index contributed by atoms with van der Waals surface area (Å²) in [6, 6.07) is 0. The van der Waals surface area contributed by atoms with Crippen molar-refractivity contribution in [1.29, 1.82) is 0 Å². The van der Waals surface area contributed by atoms with Gasteiger partial charge in [0.1, 0.15) is 0 Å².